The lowest BCUT2D eigenvalue weighted by Gasteiger charge is -2.16. The molecule has 218 valence electrons. The fourth-order valence-corrected chi connectivity index (χ4v) is 8.69. The molecule has 2 heterocycles. The minimum absolute atomic E-state index is 0.105. The summed E-state index contributed by atoms with van der Waals surface area (Å²) in [6.07, 6.45) is 0. The normalized spacial score (nSPS) is 10.8. The topological polar surface area (TPSA) is 119 Å². The van der Waals surface area contributed by atoms with Crippen LogP contribution in [0, 0.1) is 56.7 Å². The Bertz CT molecular complexity index is 2720. The quantitative estimate of drug-likeness (QED) is 0.190. The summed E-state index contributed by atoms with van der Waals surface area (Å²) in [6.45, 7) is 0. The van der Waals surface area contributed by atoms with Crippen LogP contribution in [0.5, 0.6) is 0 Å². The molecule has 0 N–H and O–H groups in total. The molecule has 48 heavy (non-hydrogen) atoms. The molecule has 0 unspecified atom stereocenters. The smallest absolute Gasteiger partial charge is 0.102 e. The Labute approximate surface area is 282 Å². The Morgan fingerprint density at radius 3 is 1.15 bits per heavy atom. The van der Waals surface area contributed by atoms with Crippen molar-refractivity contribution in [2.24, 2.45) is 0 Å². The van der Waals surface area contributed by atoms with Gasteiger partial charge in [0, 0.05) is 45.9 Å². The van der Waals surface area contributed by atoms with Gasteiger partial charge in [0.25, 0.3) is 0 Å². The molecule has 0 amide bonds. The van der Waals surface area contributed by atoms with Gasteiger partial charge in [-0.25, -0.2) is 0 Å². The molecule has 0 atom stereocenters. The van der Waals surface area contributed by atoms with E-state index in [9.17, 15) is 26.3 Å². The highest BCUT2D eigenvalue weighted by Crippen LogP contribution is 2.42. The maximum absolute atomic E-state index is 10.4. The third-order valence-electron chi connectivity index (χ3n) is 8.70. The minimum atomic E-state index is -0.266. The van der Waals surface area contributed by atoms with Crippen molar-refractivity contribution in [3.8, 4) is 63.7 Å². The predicted octanol–water partition coefficient (Wildman–Crippen LogP) is 10.8. The van der Waals surface area contributed by atoms with Crippen LogP contribution in [-0.2, 0) is 0 Å². The first-order chi connectivity index (χ1) is 23.6. The predicted molar refractivity (Wildman–Crippen MR) is 192 cm³/mol. The summed E-state index contributed by atoms with van der Waals surface area (Å²) >= 11 is 3.46. The zero-order valence-electron chi connectivity index (χ0n) is 24.9. The summed E-state index contributed by atoms with van der Waals surface area (Å²) in [7, 11) is 0. The Morgan fingerprint density at radius 1 is 0.333 bits per heavy atom. The molecule has 0 saturated heterocycles. The lowest BCUT2D eigenvalue weighted by Crippen LogP contribution is -2.03. The van der Waals surface area contributed by atoms with Crippen LogP contribution in [0.25, 0.3) is 73.7 Å². The molecule has 5 nitrogen and oxygen atoms in total. The highest BCUT2D eigenvalue weighted by Gasteiger charge is 2.26. The molecule has 8 aromatic rings. The summed E-state index contributed by atoms with van der Waals surface area (Å²) in [5.74, 6) is 0. The second-order valence-corrected chi connectivity index (χ2v) is 13.4. The van der Waals surface area contributed by atoms with Crippen LogP contribution in [0.3, 0.4) is 0 Å². The van der Waals surface area contributed by atoms with E-state index in [-0.39, 0.29) is 33.4 Å². The molecule has 0 spiro atoms. The molecule has 6 aromatic carbocycles. The van der Waals surface area contributed by atoms with Crippen molar-refractivity contribution in [3.63, 3.8) is 0 Å². The lowest BCUT2D eigenvalue weighted by atomic mass is 9.83. The number of nitrogens with zero attached hydrogens (tertiary/aromatic N) is 5. The van der Waals surface area contributed by atoms with Crippen LogP contribution in [0.2, 0.25) is 0 Å². The van der Waals surface area contributed by atoms with Gasteiger partial charge >= 0.3 is 0 Å². The summed E-state index contributed by atoms with van der Waals surface area (Å²) < 4.78 is 4.71. The zero-order valence-corrected chi connectivity index (χ0v) is 26.5. The van der Waals surface area contributed by atoms with Gasteiger partial charge in [0.2, 0.25) is 0 Å². The van der Waals surface area contributed by atoms with Gasteiger partial charge in [0.1, 0.15) is 30.3 Å². The van der Waals surface area contributed by atoms with Gasteiger partial charge in [-0.1, -0.05) is 48.5 Å². The molecule has 0 bridgehead atoms. The molecule has 0 radical (unpaired) electrons. The van der Waals surface area contributed by atoms with E-state index >= 15 is 0 Å². The van der Waals surface area contributed by atoms with Crippen LogP contribution in [0.15, 0.2) is 103 Å². The maximum atomic E-state index is 10.4. The van der Waals surface area contributed by atoms with Crippen molar-refractivity contribution < 1.29 is 0 Å². The fourth-order valence-electron chi connectivity index (χ4n) is 6.51. The molecule has 0 saturated carbocycles. The monoisotopic (exact) mass is 643 g/mol. The molecular weight excluding hydrogens is 627 g/mol. The molecule has 0 fully saturated rings. The average molecular weight is 644 g/mol. The zero-order chi connectivity index (χ0) is 32.9. The molecular formula is C41H17N5S2. The Kier molecular flexibility index (Phi) is 6.70. The van der Waals surface area contributed by atoms with Crippen molar-refractivity contribution in [2.75, 3.05) is 0 Å². The van der Waals surface area contributed by atoms with E-state index in [0.717, 1.165) is 53.2 Å². The summed E-state index contributed by atoms with van der Waals surface area (Å²) in [6, 6.07) is 45.1. The Morgan fingerprint density at radius 2 is 0.708 bits per heavy atom. The van der Waals surface area contributed by atoms with E-state index in [4.69, 9.17) is 0 Å². The minimum Gasteiger partial charge on any atom is -0.192 e. The second-order valence-electron chi connectivity index (χ2n) is 11.2. The summed E-state index contributed by atoms with van der Waals surface area (Å²) in [4.78, 5) is 0. The molecule has 7 heteroatoms. The van der Waals surface area contributed by atoms with Crippen molar-refractivity contribution >= 4 is 63.0 Å². The second kappa shape index (κ2) is 11.2. The molecule has 0 aliphatic heterocycles. The van der Waals surface area contributed by atoms with Gasteiger partial charge in [-0.2, -0.15) is 26.3 Å². The van der Waals surface area contributed by atoms with Crippen LogP contribution in [-0.4, -0.2) is 0 Å². The van der Waals surface area contributed by atoms with E-state index in [2.05, 4.69) is 78.9 Å². The number of thiophene rings is 2. The molecule has 0 aliphatic carbocycles. The third-order valence-corrected chi connectivity index (χ3v) is 11.0. The SMILES string of the molecule is N#Cc1c(C#N)c(C#N)c(-c2cc(-c3ccc4sc5ccccc5c4c3)cc(-c3ccc4sc5ccccc5c4c3)c2)c(C#N)c1C#N. The first-order valence-electron chi connectivity index (χ1n) is 14.8. The van der Waals surface area contributed by atoms with E-state index in [0.29, 0.717) is 5.56 Å². The number of nitriles is 5. The van der Waals surface area contributed by atoms with Crippen LogP contribution >= 0.6 is 22.7 Å². The highest BCUT2D eigenvalue weighted by atomic mass is 32.1. The Balaban J connectivity index is 1.46. The van der Waals surface area contributed by atoms with Gasteiger partial charge in [-0.3, -0.25) is 0 Å². The van der Waals surface area contributed by atoms with E-state index in [1.54, 1.807) is 22.7 Å². The van der Waals surface area contributed by atoms with Gasteiger partial charge in [0.15, 0.2) is 0 Å². The molecule has 0 aliphatic rings. The maximum Gasteiger partial charge on any atom is 0.102 e. The van der Waals surface area contributed by atoms with Crippen LogP contribution in [0.1, 0.15) is 27.8 Å². The first kappa shape index (κ1) is 28.7. The standard InChI is InChI=1S/C41H17N5S2/c42-18-32-33(19-43)35(21-45)41(36(22-46)34(32)20-44)27-14-25(23-9-11-39-30(16-23)28-5-1-3-7-37(28)47-39)13-26(15-27)24-10-12-40-31(17-24)29-6-2-4-8-38(29)48-40/h1-17H. The molecule has 8 rings (SSSR count). The third kappa shape index (κ3) is 4.31. The summed E-state index contributed by atoms with van der Waals surface area (Å²) in [5, 5.41) is 55.3. The van der Waals surface area contributed by atoms with Gasteiger partial charge in [0.05, 0.1) is 27.8 Å². The number of hydrogen-bond acceptors (Lipinski definition) is 7. The first-order valence-corrected chi connectivity index (χ1v) is 16.4. The number of rotatable bonds is 3. The largest absolute Gasteiger partial charge is 0.192 e. The van der Waals surface area contributed by atoms with E-state index < -0.39 is 0 Å². The van der Waals surface area contributed by atoms with Crippen molar-refractivity contribution in [1.82, 2.24) is 0 Å². The van der Waals surface area contributed by atoms with Gasteiger partial charge in [-0.15, -0.1) is 22.7 Å². The van der Waals surface area contributed by atoms with Crippen LogP contribution < -0.4 is 0 Å². The van der Waals surface area contributed by atoms with Crippen molar-refractivity contribution in [3.05, 3.63) is 131 Å². The van der Waals surface area contributed by atoms with Crippen molar-refractivity contribution in [2.45, 2.75) is 0 Å². The Hall–Kier alpha value is -6.79. The lowest BCUT2D eigenvalue weighted by molar-refractivity contribution is 1.34. The number of fused-ring (bicyclic) bond motifs is 6. The van der Waals surface area contributed by atoms with Gasteiger partial charge in [-0.05, 0) is 82.4 Å². The average Bonchev–Trinajstić information content (AvgIpc) is 3.70. The van der Waals surface area contributed by atoms with Gasteiger partial charge < -0.3 is 0 Å². The number of hydrogen-bond donors (Lipinski definition) is 0. The number of benzene rings is 6. The highest BCUT2D eigenvalue weighted by molar-refractivity contribution is 7.26. The van der Waals surface area contributed by atoms with E-state index in [1.165, 1.54) is 9.40 Å². The fraction of sp³-hybridized carbons (Fsp3) is 0. The van der Waals surface area contributed by atoms with Crippen LogP contribution in [0.4, 0.5) is 0 Å². The molecule has 2 aromatic heterocycles. The summed E-state index contributed by atoms with van der Waals surface area (Å²) in [5.41, 5.74) is 3.30. The van der Waals surface area contributed by atoms with Crippen molar-refractivity contribution in [1.29, 1.82) is 26.3 Å². The van der Waals surface area contributed by atoms with E-state index in [1.807, 2.05) is 54.6 Å².